The molecular formula is C18H17FN2O3. The molecule has 0 atom stereocenters. The van der Waals surface area contributed by atoms with Crippen LogP contribution in [0.2, 0.25) is 0 Å². The molecule has 0 unspecified atom stereocenters. The lowest BCUT2D eigenvalue weighted by Gasteiger charge is -2.24. The Morgan fingerprint density at radius 1 is 1.12 bits per heavy atom. The number of methoxy groups -OCH3 is 1. The fraction of sp³-hybridized carbons (Fsp3) is 0.222. The van der Waals surface area contributed by atoms with E-state index in [0.29, 0.717) is 12.2 Å². The highest BCUT2D eigenvalue weighted by atomic mass is 19.1. The zero-order valence-electron chi connectivity index (χ0n) is 13.5. The van der Waals surface area contributed by atoms with Crippen molar-refractivity contribution in [1.82, 2.24) is 4.90 Å². The molecular weight excluding hydrogens is 311 g/mol. The number of rotatable bonds is 5. The van der Waals surface area contributed by atoms with E-state index in [9.17, 15) is 14.0 Å². The molecule has 1 aliphatic heterocycles. The molecule has 0 spiro atoms. The van der Waals surface area contributed by atoms with Gasteiger partial charge in [-0.15, -0.1) is 0 Å². The van der Waals surface area contributed by atoms with Crippen LogP contribution < -0.4 is 9.64 Å². The van der Waals surface area contributed by atoms with Gasteiger partial charge in [-0.1, -0.05) is 12.1 Å². The van der Waals surface area contributed by atoms with E-state index >= 15 is 0 Å². The Balaban J connectivity index is 1.73. The average molecular weight is 328 g/mol. The number of hydrogen-bond acceptors (Lipinski definition) is 4. The number of carbonyl (C=O) groups is 2. The lowest BCUT2D eigenvalue weighted by Crippen LogP contribution is -2.38. The number of halogens is 1. The summed E-state index contributed by atoms with van der Waals surface area (Å²) >= 11 is 0. The first kappa shape index (κ1) is 16.1. The summed E-state index contributed by atoms with van der Waals surface area (Å²) in [5.41, 5.74) is 1.63. The average Bonchev–Trinajstić information content (AvgIpc) is 2.80. The van der Waals surface area contributed by atoms with Gasteiger partial charge in [0.25, 0.3) is 5.78 Å². The van der Waals surface area contributed by atoms with E-state index < -0.39 is 17.5 Å². The van der Waals surface area contributed by atoms with Crippen LogP contribution in [0.5, 0.6) is 5.75 Å². The maximum Gasteiger partial charge on any atom is 0.300 e. The van der Waals surface area contributed by atoms with Gasteiger partial charge < -0.3 is 4.74 Å². The Morgan fingerprint density at radius 3 is 2.50 bits per heavy atom. The summed E-state index contributed by atoms with van der Waals surface area (Å²) in [6.07, 6.45) is 0. The van der Waals surface area contributed by atoms with Crippen molar-refractivity contribution in [3.8, 4) is 5.75 Å². The third-order valence-corrected chi connectivity index (χ3v) is 3.93. The molecule has 5 nitrogen and oxygen atoms in total. The minimum atomic E-state index is -0.664. The van der Waals surface area contributed by atoms with Crippen LogP contribution >= 0.6 is 0 Å². The Kier molecular flexibility index (Phi) is 4.31. The predicted octanol–water partition coefficient (Wildman–Crippen LogP) is 2.45. The van der Waals surface area contributed by atoms with Crippen LogP contribution in [0.3, 0.4) is 0 Å². The van der Waals surface area contributed by atoms with Gasteiger partial charge in [-0.25, -0.2) is 4.39 Å². The summed E-state index contributed by atoms with van der Waals surface area (Å²) in [5, 5.41) is 0. The second-order valence-corrected chi connectivity index (χ2v) is 5.73. The lowest BCUT2D eigenvalue weighted by atomic mass is 10.1. The van der Waals surface area contributed by atoms with E-state index in [-0.39, 0.29) is 12.2 Å². The van der Waals surface area contributed by atoms with Gasteiger partial charge in [-0.05, 0) is 42.9 Å². The van der Waals surface area contributed by atoms with Crippen molar-refractivity contribution in [3.05, 3.63) is 59.4 Å². The van der Waals surface area contributed by atoms with Gasteiger partial charge in [0.05, 0.1) is 25.0 Å². The number of fused-ring (bicyclic) bond motifs is 1. The number of Topliss-reactive ketones (excluding diaryl/α,β-unsaturated/α-hetero) is 1. The van der Waals surface area contributed by atoms with Crippen LogP contribution in [0.1, 0.15) is 15.9 Å². The van der Waals surface area contributed by atoms with Gasteiger partial charge in [-0.2, -0.15) is 0 Å². The smallest absolute Gasteiger partial charge is 0.300 e. The number of ether oxygens (including phenoxy) is 1. The van der Waals surface area contributed by atoms with Crippen LogP contribution in [-0.2, 0) is 11.3 Å². The van der Waals surface area contributed by atoms with Crippen LogP contribution in [0.15, 0.2) is 42.5 Å². The summed E-state index contributed by atoms with van der Waals surface area (Å²) in [6.45, 7) is 0.841. The number of ketones is 1. The standard InChI is InChI=1S/C18H17FN2O3/c1-20(10-12-3-6-14(24-2)7-4-12)11-21-16-8-5-13(19)9-15(16)17(22)18(21)23/h3-9H,10-11H2,1-2H3. The molecule has 124 valence electrons. The first-order valence-electron chi connectivity index (χ1n) is 7.47. The summed E-state index contributed by atoms with van der Waals surface area (Å²) in [4.78, 5) is 27.4. The van der Waals surface area contributed by atoms with Gasteiger partial charge in [0.15, 0.2) is 0 Å². The molecule has 6 heteroatoms. The second-order valence-electron chi connectivity index (χ2n) is 5.73. The van der Waals surface area contributed by atoms with Gasteiger partial charge in [0, 0.05) is 6.54 Å². The summed E-state index contributed by atoms with van der Waals surface area (Å²) < 4.78 is 18.4. The number of carbonyl (C=O) groups excluding carboxylic acids is 2. The highest BCUT2D eigenvalue weighted by molar-refractivity contribution is 6.52. The largest absolute Gasteiger partial charge is 0.497 e. The van der Waals surface area contributed by atoms with E-state index in [2.05, 4.69) is 0 Å². The van der Waals surface area contributed by atoms with Crippen molar-refractivity contribution < 1.29 is 18.7 Å². The quantitative estimate of drug-likeness (QED) is 0.791. The van der Waals surface area contributed by atoms with Gasteiger partial charge in [-0.3, -0.25) is 19.4 Å². The summed E-state index contributed by atoms with van der Waals surface area (Å²) in [5.74, 6) is -1.04. The van der Waals surface area contributed by atoms with Gasteiger partial charge >= 0.3 is 5.91 Å². The first-order chi connectivity index (χ1) is 11.5. The van der Waals surface area contributed by atoms with Crippen molar-refractivity contribution in [2.24, 2.45) is 0 Å². The maximum atomic E-state index is 13.3. The Morgan fingerprint density at radius 2 is 1.83 bits per heavy atom. The van der Waals surface area contributed by atoms with Crippen LogP contribution in [-0.4, -0.2) is 37.4 Å². The molecule has 0 radical (unpaired) electrons. The molecule has 3 rings (SSSR count). The van der Waals surface area contributed by atoms with Gasteiger partial charge in [0.2, 0.25) is 0 Å². The number of hydrogen-bond donors (Lipinski definition) is 0. The van der Waals surface area contributed by atoms with Crippen LogP contribution in [0, 0.1) is 5.82 Å². The molecule has 1 amide bonds. The van der Waals surface area contributed by atoms with E-state index in [1.165, 1.54) is 17.0 Å². The molecule has 0 bridgehead atoms. The van der Waals surface area contributed by atoms with Crippen molar-refractivity contribution in [1.29, 1.82) is 0 Å². The third-order valence-electron chi connectivity index (χ3n) is 3.93. The molecule has 0 saturated heterocycles. The fourth-order valence-corrected chi connectivity index (χ4v) is 2.75. The molecule has 24 heavy (non-hydrogen) atoms. The van der Waals surface area contributed by atoms with E-state index in [1.54, 1.807) is 7.11 Å². The molecule has 0 saturated carbocycles. The van der Waals surface area contributed by atoms with E-state index in [0.717, 1.165) is 17.4 Å². The number of anilines is 1. The fourth-order valence-electron chi connectivity index (χ4n) is 2.75. The molecule has 2 aromatic carbocycles. The van der Waals surface area contributed by atoms with Crippen molar-refractivity contribution in [3.63, 3.8) is 0 Å². The summed E-state index contributed by atoms with van der Waals surface area (Å²) in [7, 11) is 3.46. The van der Waals surface area contributed by atoms with Crippen LogP contribution in [0.4, 0.5) is 10.1 Å². The first-order valence-corrected chi connectivity index (χ1v) is 7.47. The Bertz CT molecular complexity index is 789. The Hall–Kier alpha value is -2.73. The highest BCUT2D eigenvalue weighted by Gasteiger charge is 2.36. The van der Waals surface area contributed by atoms with Crippen molar-refractivity contribution in [2.45, 2.75) is 6.54 Å². The molecule has 1 heterocycles. The minimum absolute atomic E-state index is 0.123. The number of nitrogens with zero attached hydrogens (tertiary/aromatic N) is 2. The topological polar surface area (TPSA) is 49.9 Å². The van der Waals surface area contributed by atoms with Crippen LogP contribution in [0.25, 0.3) is 0 Å². The zero-order chi connectivity index (χ0) is 17.3. The lowest BCUT2D eigenvalue weighted by molar-refractivity contribution is -0.114. The molecule has 1 aliphatic rings. The predicted molar refractivity (Wildman–Crippen MR) is 87.5 cm³/mol. The zero-order valence-corrected chi connectivity index (χ0v) is 13.5. The molecule has 0 fully saturated rings. The van der Waals surface area contributed by atoms with Gasteiger partial charge in [0.1, 0.15) is 11.6 Å². The maximum absolute atomic E-state index is 13.3. The third kappa shape index (κ3) is 3.00. The number of benzene rings is 2. The minimum Gasteiger partial charge on any atom is -0.497 e. The van der Waals surface area contributed by atoms with Crippen molar-refractivity contribution in [2.75, 3.05) is 25.7 Å². The molecule has 2 aromatic rings. The molecule has 0 aliphatic carbocycles. The normalized spacial score (nSPS) is 13.6. The highest BCUT2D eigenvalue weighted by Crippen LogP contribution is 2.29. The van der Waals surface area contributed by atoms with E-state index in [1.807, 2.05) is 36.2 Å². The summed E-state index contributed by atoms with van der Waals surface area (Å²) in [6, 6.07) is 11.4. The Labute approximate surface area is 139 Å². The number of amides is 1. The van der Waals surface area contributed by atoms with Crippen molar-refractivity contribution >= 4 is 17.4 Å². The van der Waals surface area contributed by atoms with E-state index in [4.69, 9.17) is 4.74 Å². The monoisotopic (exact) mass is 328 g/mol. The second kappa shape index (κ2) is 6.41. The molecule has 0 N–H and O–H groups in total. The molecule has 0 aromatic heterocycles. The SMILES string of the molecule is COc1ccc(CN(C)CN2C(=O)C(=O)c3cc(F)ccc32)cc1.